The van der Waals surface area contributed by atoms with Crippen molar-refractivity contribution >= 4 is 17.6 Å². The summed E-state index contributed by atoms with van der Waals surface area (Å²) in [4.78, 5) is 28.3. The van der Waals surface area contributed by atoms with Crippen molar-refractivity contribution in [2.75, 3.05) is 0 Å². The van der Waals surface area contributed by atoms with E-state index in [0.29, 0.717) is 53.9 Å². The van der Waals surface area contributed by atoms with Crippen LogP contribution in [0.1, 0.15) is 94.8 Å². The number of rotatable bonds is 6. The van der Waals surface area contributed by atoms with Crippen molar-refractivity contribution in [2.45, 2.75) is 69.5 Å². The number of ether oxygens (including phenoxy) is 2. The minimum Gasteiger partial charge on any atom is -0.508 e. The Kier molecular flexibility index (Phi) is 7.50. The third-order valence-corrected chi connectivity index (χ3v) is 10.2. The zero-order valence-corrected chi connectivity index (χ0v) is 27.1. The second kappa shape index (κ2) is 11.5. The minimum atomic E-state index is -0.737. The van der Waals surface area contributed by atoms with E-state index in [4.69, 9.17) is 9.47 Å². The van der Waals surface area contributed by atoms with Crippen LogP contribution in [0.2, 0.25) is 0 Å². The number of aromatic hydroxyl groups is 4. The van der Waals surface area contributed by atoms with Gasteiger partial charge in [-0.3, -0.25) is 9.59 Å². The number of carbonyl (C=O) groups excluding carboxylic acids is 2. The number of hydrogen-bond acceptors (Lipinski definition) is 8. The number of ketones is 2. The summed E-state index contributed by atoms with van der Waals surface area (Å²) in [6, 6.07) is 19.7. The van der Waals surface area contributed by atoms with Crippen LogP contribution in [0.15, 0.2) is 78.9 Å². The first-order chi connectivity index (χ1) is 22.8. The lowest BCUT2D eigenvalue weighted by Gasteiger charge is -2.51. The molecule has 4 N–H and O–H groups in total. The largest absolute Gasteiger partial charge is 0.508 e. The van der Waals surface area contributed by atoms with E-state index in [1.54, 1.807) is 60.7 Å². The highest BCUT2D eigenvalue weighted by Crippen LogP contribution is 2.60. The quantitative estimate of drug-likeness (QED) is 0.123. The third kappa shape index (κ3) is 5.55. The highest BCUT2D eigenvalue weighted by Gasteiger charge is 2.54. The molecule has 4 aromatic carbocycles. The van der Waals surface area contributed by atoms with Crippen LogP contribution >= 0.6 is 0 Å². The molecule has 0 amide bonds. The number of fused-ring (bicyclic) bond motifs is 5. The Bertz CT molecular complexity index is 1960. The molecule has 8 nitrogen and oxygen atoms in total. The molecule has 4 atom stereocenters. The molecular formula is C40H38O8. The van der Waals surface area contributed by atoms with Crippen LogP contribution in [-0.2, 0) is 6.42 Å². The Hall–Kier alpha value is -5.24. The van der Waals surface area contributed by atoms with Gasteiger partial charge in [-0.25, -0.2) is 0 Å². The average Bonchev–Trinajstić information content (AvgIpc) is 3.03. The van der Waals surface area contributed by atoms with Gasteiger partial charge in [0.05, 0.1) is 11.1 Å². The molecule has 2 aliphatic heterocycles. The minimum absolute atomic E-state index is 0.0744. The summed E-state index contributed by atoms with van der Waals surface area (Å²) < 4.78 is 12.7. The van der Waals surface area contributed by atoms with Crippen LogP contribution < -0.4 is 9.47 Å². The SMILES string of the molecule is CC1(C)CCc2c(ccc(C(=O)C3C(c4ccc(O)cc4)CC4(C)CC3c3c(ccc(C(=O)C=Cc5ccc(O)cc5)c3O)O4)c2O)O1. The number of phenolic OH excluding ortho intramolecular Hbond substituents is 4. The van der Waals surface area contributed by atoms with Crippen molar-refractivity contribution in [3.05, 3.63) is 112 Å². The van der Waals surface area contributed by atoms with Gasteiger partial charge in [-0.1, -0.05) is 30.3 Å². The third-order valence-electron chi connectivity index (χ3n) is 10.2. The summed E-state index contributed by atoms with van der Waals surface area (Å²) in [5.41, 5.74) is 1.69. The predicted molar refractivity (Wildman–Crippen MR) is 180 cm³/mol. The van der Waals surface area contributed by atoms with Crippen LogP contribution in [0, 0.1) is 5.92 Å². The molecule has 1 aliphatic carbocycles. The summed E-state index contributed by atoms with van der Waals surface area (Å²) in [6.07, 6.45) is 5.09. The molecule has 0 spiro atoms. The van der Waals surface area contributed by atoms with Crippen LogP contribution in [-0.4, -0.2) is 43.2 Å². The molecule has 0 saturated heterocycles. The number of carbonyl (C=O) groups is 2. The van der Waals surface area contributed by atoms with E-state index in [-0.39, 0.29) is 45.5 Å². The second-order valence-electron chi connectivity index (χ2n) is 14.1. The average molecular weight is 647 g/mol. The Morgan fingerprint density at radius 2 is 1.35 bits per heavy atom. The lowest BCUT2D eigenvalue weighted by Crippen LogP contribution is -2.49. The lowest BCUT2D eigenvalue weighted by molar-refractivity contribution is -0.00749. The van der Waals surface area contributed by atoms with Crippen molar-refractivity contribution in [1.82, 2.24) is 0 Å². The van der Waals surface area contributed by atoms with E-state index < -0.39 is 29.1 Å². The van der Waals surface area contributed by atoms with Crippen molar-refractivity contribution in [2.24, 2.45) is 5.92 Å². The van der Waals surface area contributed by atoms with Crippen molar-refractivity contribution < 1.29 is 39.5 Å². The Morgan fingerprint density at radius 1 is 0.729 bits per heavy atom. The molecule has 4 aromatic rings. The van der Waals surface area contributed by atoms with Crippen LogP contribution in [0.3, 0.4) is 0 Å². The molecule has 0 aromatic heterocycles. The molecule has 8 heteroatoms. The van der Waals surface area contributed by atoms with Gasteiger partial charge in [0, 0.05) is 23.0 Å². The first-order valence-corrected chi connectivity index (χ1v) is 16.3. The Morgan fingerprint density at radius 3 is 2.06 bits per heavy atom. The second-order valence-corrected chi connectivity index (χ2v) is 14.1. The predicted octanol–water partition coefficient (Wildman–Crippen LogP) is 7.82. The topological polar surface area (TPSA) is 134 Å². The highest BCUT2D eigenvalue weighted by molar-refractivity contribution is 6.09. The summed E-state index contributed by atoms with van der Waals surface area (Å²) in [7, 11) is 0. The molecule has 3 aliphatic rings. The lowest BCUT2D eigenvalue weighted by atomic mass is 9.59. The van der Waals surface area contributed by atoms with E-state index in [9.17, 15) is 30.0 Å². The molecule has 1 fully saturated rings. The number of benzene rings is 4. The van der Waals surface area contributed by atoms with E-state index in [2.05, 4.69) is 0 Å². The molecule has 7 rings (SSSR count). The summed E-state index contributed by atoms with van der Waals surface area (Å²) in [5, 5.41) is 43.0. The maximum absolute atomic E-state index is 14.8. The summed E-state index contributed by atoms with van der Waals surface area (Å²) in [5.74, 6) is -1.54. The molecule has 48 heavy (non-hydrogen) atoms. The van der Waals surface area contributed by atoms with Gasteiger partial charge >= 0.3 is 0 Å². The smallest absolute Gasteiger partial charge is 0.189 e. The van der Waals surface area contributed by atoms with Crippen LogP contribution in [0.25, 0.3) is 6.08 Å². The standard InChI is InChI=1S/C40H38O8/c1-39(2)19-18-27-32(47-39)16-14-28(36(27)44)38(46)34-29(23-7-11-25(42)12-8-23)20-40(3)21-30(34)35-33(48-40)17-13-26(37(35)45)31(43)15-6-22-4-9-24(41)10-5-22/h4-17,29-30,34,41-42,44-45H,18-21H2,1-3H3. The summed E-state index contributed by atoms with van der Waals surface area (Å²) >= 11 is 0. The Labute approximate surface area is 278 Å². The van der Waals surface area contributed by atoms with Crippen LogP contribution in [0.4, 0.5) is 0 Å². The van der Waals surface area contributed by atoms with Gasteiger partial charge in [-0.15, -0.1) is 0 Å². The molecule has 4 unspecified atom stereocenters. The first kappa shape index (κ1) is 31.4. The van der Waals surface area contributed by atoms with E-state index >= 15 is 0 Å². The summed E-state index contributed by atoms with van der Waals surface area (Å²) in [6.45, 7) is 5.97. The fourth-order valence-corrected chi connectivity index (χ4v) is 7.78. The maximum atomic E-state index is 14.8. The van der Waals surface area contributed by atoms with Gasteiger partial charge < -0.3 is 29.9 Å². The highest BCUT2D eigenvalue weighted by atomic mass is 16.5. The van der Waals surface area contributed by atoms with E-state index in [0.717, 1.165) is 5.56 Å². The fourth-order valence-electron chi connectivity index (χ4n) is 7.78. The van der Waals surface area contributed by atoms with Gasteiger partial charge in [0.15, 0.2) is 11.6 Å². The zero-order valence-electron chi connectivity index (χ0n) is 27.1. The molecule has 0 radical (unpaired) electrons. The number of hydrogen-bond donors (Lipinski definition) is 4. The van der Waals surface area contributed by atoms with Gasteiger partial charge in [0.2, 0.25) is 0 Å². The number of phenols is 4. The van der Waals surface area contributed by atoms with Gasteiger partial charge in [-0.2, -0.15) is 0 Å². The van der Waals surface area contributed by atoms with Crippen LogP contribution in [0.5, 0.6) is 34.5 Å². The van der Waals surface area contributed by atoms with Crippen molar-refractivity contribution in [1.29, 1.82) is 0 Å². The molecule has 1 saturated carbocycles. The van der Waals surface area contributed by atoms with Gasteiger partial charge in [0.25, 0.3) is 0 Å². The molecule has 246 valence electrons. The molecule has 2 heterocycles. The van der Waals surface area contributed by atoms with Crippen molar-refractivity contribution in [3.63, 3.8) is 0 Å². The first-order valence-electron chi connectivity index (χ1n) is 16.3. The number of Topliss-reactive ketones (excluding diaryl/α,β-unsaturated/α-hetero) is 1. The van der Waals surface area contributed by atoms with Crippen molar-refractivity contribution in [3.8, 4) is 34.5 Å². The number of allylic oxidation sites excluding steroid dienone is 1. The maximum Gasteiger partial charge on any atom is 0.189 e. The van der Waals surface area contributed by atoms with E-state index in [1.807, 2.05) is 20.8 Å². The van der Waals surface area contributed by atoms with Gasteiger partial charge in [0.1, 0.15) is 45.7 Å². The van der Waals surface area contributed by atoms with Gasteiger partial charge in [-0.05, 0) is 118 Å². The normalized spacial score (nSPS) is 23.8. The zero-order chi connectivity index (χ0) is 34.0. The monoisotopic (exact) mass is 646 g/mol. The molecule has 2 bridgehead atoms. The Balaban J connectivity index is 1.33. The molecular weight excluding hydrogens is 608 g/mol. The van der Waals surface area contributed by atoms with E-state index in [1.165, 1.54) is 24.3 Å². The fraction of sp³-hybridized carbons (Fsp3) is 0.300.